The van der Waals surface area contributed by atoms with E-state index in [0.717, 1.165) is 36.2 Å². The highest BCUT2D eigenvalue weighted by Gasteiger charge is 2.27. The number of halogens is 2. The maximum atomic E-state index is 12.7. The number of methoxy groups -OCH3 is 1. The zero-order valence-electron chi connectivity index (χ0n) is 17.7. The summed E-state index contributed by atoms with van der Waals surface area (Å²) in [5.41, 5.74) is 0.787. The number of nitrogens with zero attached hydrogens (tertiary/aromatic N) is 1. The van der Waals surface area contributed by atoms with Crippen LogP contribution < -0.4 is 14.8 Å². The number of ether oxygens (including phenoxy) is 2. The molecule has 2 aromatic rings. The van der Waals surface area contributed by atoms with E-state index in [1.54, 1.807) is 24.3 Å². The second-order valence-electron chi connectivity index (χ2n) is 7.33. The highest BCUT2D eigenvalue weighted by atomic mass is 32.2. The molecule has 1 saturated heterocycles. The average molecular weight is 489 g/mol. The van der Waals surface area contributed by atoms with E-state index in [4.69, 9.17) is 4.74 Å². The zero-order valence-corrected chi connectivity index (χ0v) is 19.3. The van der Waals surface area contributed by atoms with Crippen LogP contribution in [-0.2, 0) is 27.7 Å². The molecule has 7 nitrogen and oxygen atoms in total. The average Bonchev–Trinajstić information content (AvgIpc) is 3.24. The summed E-state index contributed by atoms with van der Waals surface area (Å²) in [4.78, 5) is 12.9. The SMILES string of the molecule is COc1cc(CCNC(=O)Cc2ccc(S(=O)(=O)N3CCCCC3)s2)ccc1OC(F)F. The van der Waals surface area contributed by atoms with Gasteiger partial charge in [0.25, 0.3) is 10.0 Å². The topological polar surface area (TPSA) is 84.9 Å². The smallest absolute Gasteiger partial charge is 0.387 e. The van der Waals surface area contributed by atoms with Crippen LogP contribution in [0, 0.1) is 0 Å². The van der Waals surface area contributed by atoms with Crippen molar-refractivity contribution in [1.29, 1.82) is 0 Å². The summed E-state index contributed by atoms with van der Waals surface area (Å²) in [6.45, 7) is -1.53. The van der Waals surface area contributed by atoms with Gasteiger partial charge in [0.1, 0.15) is 4.21 Å². The van der Waals surface area contributed by atoms with Crippen LogP contribution >= 0.6 is 11.3 Å². The Morgan fingerprint density at radius 2 is 1.91 bits per heavy atom. The molecule has 0 unspecified atom stereocenters. The molecule has 1 amide bonds. The number of amides is 1. The summed E-state index contributed by atoms with van der Waals surface area (Å²) in [6, 6.07) is 7.85. The third-order valence-electron chi connectivity index (χ3n) is 5.06. The van der Waals surface area contributed by atoms with Crippen LogP contribution in [0.3, 0.4) is 0 Å². The maximum absolute atomic E-state index is 12.7. The van der Waals surface area contributed by atoms with Crippen molar-refractivity contribution in [3.63, 3.8) is 0 Å². The van der Waals surface area contributed by atoms with E-state index in [-0.39, 0.29) is 28.0 Å². The summed E-state index contributed by atoms with van der Waals surface area (Å²) >= 11 is 1.12. The monoisotopic (exact) mass is 488 g/mol. The number of thiophene rings is 1. The number of nitrogens with one attached hydrogen (secondary N) is 1. The molecule has 2 heterocycles. The van der Waals surface area contributed by atoms with E-state index in [2.05, 4.69) is 10.1 Å². The van der Waals surface area contributed by atoms with Gasteiger partial charge in [0.2, 0.25) is 5.91 Å². The van der Waals surface area contributed by atoms with Crippen LogP contribution in [0.4, 0.5) is 8.78 Å². The molecule has 32 heavy (non-hydrogen) atoms. The number of sulfonamides is 1. The van der Waals surface area contributed by atoms with E-state index in [0.29, 0.717) is 30.9 Å². The molecule has 0 spiro atoms. The lowest BCUT2D eigenvalue weighted by molar-refractivity contribution is -0.120. The van der Waals surface area contributed by atoms with Gasteiger partial charge in [-0.05, 0) is 49.1 Å². The molecule has 0 aliphatic carbocycles. The molecule has 11 heteroatoms. The summed E-state index contributed by atoms with van der Waals surface area (Å²) < 4.78 is 61.5. The van der Waals surface area contributed by atoms with Crippen molar-refractivity contribution in [2.24, 2.45) is 0 Å². The van der Waals surface area contributed by atoms with Gasteiger partial charge in [-0.25, -0.2) is 8.42 Å². The minimum absolute atomic E-state index is 0.0525. The zero-order chi connectivity index (χ0) is 23.1. The molecule has 0 bridgehead atoms. The summed E-state index contributed by atoms with van der Waals surface area (Å²) in [7, 11) is -2.14. The lowest BCUT2D eigenvalue weighted by Gasteiger charge is -2.25. The molecule has 0 atom stereocenters. The Labute approximate surface area is 190 Å². The van der Waals surface area contributed by atoms with Gasteiger partial charge in [-0.3, -0.25) is 4.79 Å². The molecule has 1 aromatic carbocycles. The van der Waals surface area contributed by atoms with Gasteiger partial charge in [-0.2, -0.15) is 13.1 Å². The Bertz CT molecular complexity index is 1020. The normalized spacial score (nSPS) is 15.0. The number of rotatable bonds is 10. The Morgan fingerprint density at radius 1 is 1.16 bits per heavy atom. The van der Waals surface area contributed by atoms with Gasteiger partial charge >= 0.3 is 6.61 Å². The molecule has 3 rings (SSSR count). The van der Waals surface area contributed by atoms with Crippen LogP contribution in [0.15, 0.2) is 34.5 Å². The first-order valence-corrected chi connectivity index (χ1v) is 12.5. The van der Waals surface area contributed by atoms with Crippen molar-refractivity contribution in [1.82, 2.24) is 9.62 Å². The lowest BCUT2D eigenvalue weighted by Crippen LogP contribution is -2.35. The number of hydrogen-bond donors (Lipinski definition) is 1. The molecule has 0 saturated carbocycles. The van der Waals surface area contributed by atoms with E-state index < -0.39 is 16.6 Å². The number of benzene rings is 1. The van der Waals surface area contributed by atoms with Crippen molar-refractivity contribution >= 4 is 27.3 Å². The van der Waals surface area contributed by atoms with Crippen LogP contribution in [-0.4, -0.2) is 52.0 Å². The van der Waals surface area contributed by atoms with Gasteiger partial charge in [0, 0.05) is 24.5 Å². The molecule has 1 aromatic heterocycles. The van der Waals surface area contributed by atoms with Crippen LogP contribution in [0.1, 0.15) is 29.7 Å². The minimum atomic E-state index is -3.50. The van der Waals surface area contributed by atoms with Gasteiger partial charge in [0.05, 0.1) is 13.5 Å². The van der Waals surface area contributed by atoms with Crippen LogP contribution in [0.25, 0.3) is 0 Å². The third-order valence-corrected chi connectivity index (χ3v) is 8.51. The molecular weight excluding hydrogens is 462 g/mol. The number of hydrogen-bond acceptors (Lipinski definition) is 6. The fourth-order valence-corrected chi connectivity index (χ4v) is 6.48. The fraction of sp³-hybridized carbons (Fsp3) is 0.476. The number of carbonyl (C=O) groups is 1. The Morgan fingerprint density at radius 3 is 2.59 bits per heavy atom. The fourth-order valence-electron chi connectivity index (χ4n) is 3.45. The van der Waals surface area contributed by atoms with Gasteiger partial charge in [-0.1, -0.05) is 12.5 Å². The van der Waals surface area contributed by atoms with Crippen molar-refractivity contribution in [2.75, 3.05) is 26.7 Å². The van der Waals surface area contributed by atoms with Gasteiger partial charge in [0.15, 0.2) is 11.5 Å². The molecule has 1 fully saturated rings. The largest absolute Gasteiger partial charge is 0.493 e. The predicted molar refractivity (Wildman–Crippen MR) is 117 cm³/mol. The Kier molecular flexibility index (Phi) is 8.44. The van der Waals surface area contributed by atoms with Gasteiger partial charge in [-0.15, -0.1) is 11.3 Å². The summed E-state index contributed by atoms with van der Waals surface area (Å²) in [6.07, 6.45) is 3.34. The van der Waals surface area contributed by atoms with E-state index in [1.165, 1.54) is 17.5 Å². The summed E-state index contributed by atoms with van der Waals surface area (Å²) in [5, 5.41) is 2.79. The first-order valence-electron chi connectivity index (χ1n) is 10.3. The maximum Gasteiger partial charge on any atom is 0.387 e. The highest BCUT2D eigenvalue weighted by Crippen LogP contribution is 2.30. The Balaban J connectivity index is 1.50. The predicted octanol–water partition coefficient (Wildman–Crippen LogP) is 3.43. The molecule has 1 aliphatic rings. The van der Waals surface area contributed by atoms with E-state index >= 15 is 0 Å². The summed E-state index contributed by atoms with van der Waals surface area (Å²) in [5.74, 6) is -0.0863. The second kappa shape index (κ2) is 11.1. The molecule has 1 N–H and O–H groups in total. The number of piperidine rings is 1. The van der Waals surface area contributed by atoms with Crippen LogP contribution in [0.5, 0.6) is 11.5 Å². The van der Waals surface area contributed by atoms with Crippen molar-refractivity contribution < 1.29 is 31.5 Å². The molecular formula is C21H26F2N2O5S2. The minimum Gasteiger partial charge on any atom is -0.493 e. The first-order chi connectivity index (χ1) is 15.3. The second-order valence-corrected chi connectivity index (χ2v) is 10.7. The first kappa shape index (κ1) is 24.4. The molecule has 0 radical (unpaired) electrons. The Hall–Kier alpha value is -2.24. The van der Waals surface area contributed by atoms with Gasteiger partial charge < -0.3 is 14.8 Å². The van der Waals surface area contributed by atoms with Crippen molar-refractivity contribution in [3.8, 4) is 11.5 Å². The molecule has 176 valence electrons. The number of alkyl halides is 2. The van der Waals surface area contributed by atoms with E-state index in [1.807, 2.05) is 0 Å². The van der Waals surface area contributed by atoms with Crippen molar-refractivity contribution in [2.45, 2.75) is 42.9 Å². The molecule has 1 aliphatic heterocycles. The standard InChI is InChI=1S/C21H26F2N2O5S2/c1-29-18-13-15(5-7-17(18)30-21(22)23)9-10-24-19(26)14-16-6-8-20(31-16)32(27,28)25-11-3-2-4-12-25/h5-8,13,21H,2-4,9-12,14H2,1H3,(H,24,26). The third kappa shape index (κ3) is 6.39. The quantitative estimate of drug-likeness (QED) is 0.554. The highest BCUT2D eigenvalue weighted by molar-refractivity contribution is 7.91. The lowest BCUT2D eigenvalue weighted by atomic mass is 10.1. The van der Waals surface area contributed by atoms with E-state index in [9.17, 15) is 22.0 Å². The number of carbonyl (C=O) groups excluding carboxylic acids is 1. The van der Waals surface area contributed by atoms with Crippen molar-refractivity contribution in [3.05, 3.63) is 40.8 Å². The van der Waals surface area contributed by atoms with Crippen LogP contribution in [0.2, 0.25) is 0 Å².